The van der Waals surface area contributed by atoms with Gasteiger partial charge in [0.25, 0.3) is 0 Å². The molecule has 0 heterocycles. The van der Waals surface area contributed by atoms with Crippen molar-refractivity contribution in [1.29, 1.82) is 0 Å². The molecular weight excluding hydrogens is 174 g/mol. The molecule has 0 saturated heterocycles. The normalized spacial score (nSPS) is 0. The molecule has 0 N–H and O–H groups in total. The Kier molecular flexibility index (Phi) is 217. The van der Waals surface area contributed by atoms with Crippen LogP contribution in [0, 0.1) is 0 Å². The van der Waals surface area contributed by atoms with E-state index in [0.29, 0.717) is 0 Å². The van der Waals surface area contributed by atoms with Gasteiger partial charge < -0.3 is 5.71 Å². The summed E-state index contributed by atoms with van der Waals surface area (Å²) in [5.74, 6) is 0. The van der Waals surface area contributed by atoms with E-state index in [1.807, 2.05) is 0 Å². The average molecular weight is 185 g/mol. The summed E-state index contributed by atoms with van der Waals surface area (Å²) in [6.45, 7) is 0. The smallest absolute Gasteiger partial charge is 1.00 e. The molecule has 0 aliphatic rings. The van der Waals surface area contributed by atoms with Crippen LogP contribution in [0.2, 0.25) is 0 Å². The Morgan fingerprint density at radius 3 is 1.20 bits per heavy atom. The molecule has 0 unspecified atom stereocenters. The average Bonchev–Trinajstić information content (AvgIpc) is 0. The SMILES string of the molecule is [AlH3].[Ca+2].[H-].[H-].[H-].[H-].[Mg+2].[Mn].[SiH4]. The fraction of sp³-hybridized carbons (Fsp3) is 0. The molecule has 29 valence electrons. The summed E-state index contributed by atoms with van der Waals surface area (Å²) in [5, 5.41) is 0. The van der Waals surface area contributed by atoms with E-state index in [0.717, 1.165) is 0 Å². The van der Waals surface area contributed by atoms with Crippen molar-refractivity contribution in [1.82, 2.24) is 0 Å². The maximum Gasteiger partial charge on any atom is 2.00 e. The first-order valence-electron chi connectivity index (χ1n) is 0. The molecule has 5 heteroatoms. The molecular formula is H11AlCaMgMnSi. The Morgan fingerprint density at radius 2 is 1.20 bits per heavy atom. The Labute approximate surface area is 110 Å². The molecule has 0 atom stereocenters. The van der Waals surface area contributed by atoms with E-state index in [1.165, 1.54) is 0 Å². The fourth-order valence-electron chi connectivity index (χ4n) is 0. The van der Waals surface area contributed by atoms with Crippen LogP contribution >= 0.6 is 0 Å². The van der Waals surface area contributed by atoms with Gasteiger partial charge in [-0.25, -0.2) is 0 Å². The van der Waals surface area contributed by atoms with E-state index in [9.17, 15) is 0 Å². The van der Waals surface area contributed by atoms with Crippen LogP contribution < -0.4 is 0 Å². The first-order chi connectivity index (χ1) is 0. The second-order valence-corrected chi connectivity index (χ2v) is 0. The van der Waals surface area contributed by atoms with Gasteiger partial charge in [0.1, 0.15) is 0 Å². The predicted molar refractivity (Wildman–Crippen MR) is 37.2 cm³/mol. The van der Waals surface area contributed by atoms with Crippen molar-refractivity contribution >= 4 is 89.1 Å². The molecule has 0 amide bonds. The summed E-state index contributed by atoms with van der Waals surface area (Å²) in [6.07, 6.45) is 0. The Bertz CT molecular complexity index is 20.5. The summed E-state index contributed by atoms with van der Waals surface area (Å²) < 4.78 is 0. The zero-order valence-corrected chi connectivity index (χ0v) is 6.60. The minimum atomic E-state index is 0. The standard InChI is InChI=1S/Al.Ca.Mg.Mn.H4Si.7H/h;;;;1H4;;;;;;;/q;2*+2;;;;;;4*-1. The monoisotopic (exact) mass is 185 g/mol. The summed E-state index contributed by atoms with van der Waals surface area (Å²) >= 11 is 0. The first-order valence-corrected chi connectivity index (χ1v) is 0. The summed E-state index contributed by atoms with van der Waals surface area (Å²) in [6, 6.07) is 0. The van der Waals surface area contributed by atoms with Crippen LogP contribution in [0.1, 0.15) is 5.71 Å². The van der Waals surface area contributed by atoms with Crippen LogP contribution in [0.4, 0.5) is 0 Å². The maximum absolute atomic E-state index is 0. The van der Waals surface area contributed by atoms with Crippen molar-refractivity contribution in [2.75, 3.05) is 0 Å². The molecule has 0 aromatic rings. The first kappa shape index (κ1) is 40.7. The third-order valence-corrected chi connectivity index (χ3v) is 0. The molecule has 0 aromatic heterocycles. The molecule has 0 saturated carbocycles. The second-order valence-electron chi connectivity index (χ2n) is 0. The molecule has 0 nitrogen and oxygen atoms in total. The molecule has 0 fully saturated rings. The number of rotatable bonds is 0. The van der Waals surface area contributed by atoms with Crippen molar-refractivity contribution in [2.45, 2.75) is 0 Å². The minimum Gasteiger partial charge on any atom is -1.00 e. The van der Waals surface area contributed by atoms with Crippen LogP contribution in [0.25, 0.3) is 0 Å². The molecule has 0 bridgehead atoms. The van der Waals surface area contributed by atoms with Gasteiger partial charge in [-0.1, -0.05) is 0 Å². The Balaban J connectivity index is 0. The van der Waals surface area contributed by atoms with Gasteiger partial charge in [-0.2, -0.15) is 0 Å². The molecule has 0 spiro atoms. The van der Waals surface area contributed by atoms with Gasteiger partial charge in [0.2, 0.25) is 0 Å². The molecule has 0 aromatic carbocycles. The summed E-state index contributed by atoms with van der Waals surface area (Å²) in [5.41, 5.74) is 0. The van der Waals surface area contributed by atoms with Gasteiger partial charge in [0.15, 0.2) is 17.4 Å². The quantitative estimate of drug-likeness (QED) is 0.354. The van der Waals surface area contributed by atoms with Crippen LogP contribution in [0.3, 0.4) is 0 Å². The van der Waals surface area contributed by atoms with E-state index < -0.39 is 0 Å². The van der Waals surface area contributed by atoms with E-state index in [1.54, 1.807) is 0 Å². The fourth-order valence-corrected chi connectivity index (χ4v) is 0. The summed E-state index contributed by atoms with van der Waals surface area (Å²) in [4.78, 5) is 0. The van der Waals surface area contributed by atoms with Gasteiger partial charge >= 0.3 is 60.8 Å². The Morgan fingerprint density at radius 1 is 1.20 bits per heavy atom. The summed E-state index contributed by atoms with van der Waals surface area (Å²) in [7, 11) is 0. The van der Waals surface area contributed by atoms with Crippen molar-refractivity contribution < 1.29 is 22.8 Å². The van der Waals surface area contributed by atoms with Gasteiger partial charge in [-0.05, 0) is 11.0 Å². The zero-order valence-electron chi connectivity index (χ0n) is 5.79. The van der Waals surface area contributed by atoms with E-state index in [4.69, 9.17) is 0 Å². The van der Waals surface area contributed by atoms with E-state index in [2.05, 4.69) is 0 Å². The van der Waals surface area contributed by atoms with Crippen LogP contribution in [0.5, 0.6) is 0 Å². The number of hydrogen-bond acceptors (Lipinski definition) is 0. The van der Waals surface area contributed by atoms with Gasteiger partial charge in [0, 0.05) is 17.1 Å². The molecule has 0 rings (SSSR count). The number of hydrogen-bond donors (Lipinski definition) is 0. The van der Waals surface area contributed by atoms with Gasteiger partial charge in [-0.15, -0.1) is 0 Å². The van der Waals surface area contributed by atoms with Crippen molar-refractivity contribution in [2.24, 2.45) is 0 Å². The predicted octanol–water partition coefficient (Wildman–Crippen LogP) is -2.95. The third-order valence-electron chi connectivity index (χ3n) is 0. The molecule has 0 aliphatic heterocycles. The molecule has 0 aliphatic carbocycles. The largest absolute Gasteiger partial charge is 2.00 e. The molecule has 1 radical (unpaired) electrons. The minimum absolute atomic E-state index is 0. The zero-order chi connectivity index (χ0) is 0. The Hall–Kier alpha value is 3.29. The van der Waals surface area contributed by atoms with Gasteiger partial charge in [0.05, 0.1) is 0 Å². The van der Waals surface area contributed by atoms with Crippen molar-refractivity contribution in [3.05, 3.63) is 0 Å². The van der Waals surface area contributed by atoms with Crippen LogP contribution in [-0.2, 0) is 17.1 Å². The molecule has 5 heavy (non-hydrogen) atoms. The van der Waals surface area contributed by atoms with Crippen LogP contribution in [-0.4, -0.2) is 89.1 Å². The maximum atomic E-state index is 0. The topological polar surface area (TPSA) is 0 Å². The van der Waals surface area contributed by atoms with Crippen molar-refractivity contribution in [3.8, 4) is 0 Å². The van der Waals surface area contributed by atoms with E-state index in [-0.39, 0.29) is 112 Å². The van der Waals surface area contributed by atoms with Crippen LogP contribution in [0.15, 0.2) is 0 Å². The van der Waals surface area contributed by atoms with Crippen molar-refractivity contribution in [3.63, 3.8) is 0 Å². The third kappa shape index (κ3) is 18.8. The second kappa shape index (κ2) is 26.6. The van der Waals surface area contributed by atoms with E-state index >= 15 is 0 Å². The van der Waals surface area contributed by atoms with Gasteiger partial charge in [-0.3, -0.25) is 0 Å².